The van der Waals surface area contributed by atoms with Gasteiger partial charge in [-0.25, -0.2) is 0 Å². The van der Waals surface area contributed by atoms with Crippen LogP contribution in [0.15, 0.2) is 0 Å². The van der Waals surface area contributed by atoms with Crippen molar-refractivity contribution in [2.45, 2.75) is 0 Å². The molecule has 0 aliphatic carbocycles. The Balaban J connectivity index is -0.000000000333. The molecule has 0 aliphatic rings. The van der Waals surface area contributed by atoms with Crippen LogP contribution in [0.2, 0.25) is 0 Å². The Morgan fingerprint density at radius 2 is 0.750 bits per heavy atom. The van der Waals surface area contributed by atoms with Gasteiger partial charge in [0.25, 0.3) is 0 Å². The molecule has 0 atom stereocenters. The van der Waals surface area contributed by atoms with E-state index in [0.717, 1.165) is 7.11 Å². The molecule has 0 amide bonds. The first kappa shape index (κ1) is 75.4. The van der Waals surface area contributed by atoms with Crippen molar-refractivity contribution in [3.63, 3.8) is 0 Å². The van der Waals surface area contributed by atoms with Gasteiger partial charge in [0.1, 0.15) is 0 Å². The Morgan fingerprint density at radius 1 is 0.750 bits per heavy atom. The summed E-state index contributed by atoms with van der Waals surface area (Å²) in [5, 5.41) is 7.00. The van der Waals surface area contributed by atoms with E-state index in [4.69, 9.17) is 5.11 Å². The number of hydrogen-bond acceptors (Lipinski definition) is 1. The van der Waals surface area contributed by atoms with E-state index in [1.807, 2.05) is 0 Å². The van der Waals surface area contributed by atoms with Gasteiger partial charge >= 0.3 is 23.1 Å². The summed E-state index contributed by atoms with van der Waals surface area (Å²) < 4.78 is 0. The first-order valence-electron chi connectivity index (χ1n) is 0.447. The predicted octanol–water partition coefficient (Wildman–Crippen LogP) is 0.377. The Kier molecular flexibility index (Phi) is 989. The van der Waals surface area contributed by atoms with Gasteiger partial charge in [-0.3, -0.25) is 0 Å². The third-order valence-electron chi connectivity index (χ3n) is 0. The maximum absolute atomic E-state index is 7.00. The van der Waals surface area contributed by atoms with Crippen LogP contribution in [0, 0.1) is 0 Å². The number of aliphatic hydroxyl groups excluding tert-OH is 1. The van der Waals surface area contributed by atoms with Crippen molar-refractivity contribution in [1.29, 1.82) is 0 Å². The zero-order valence-electron chi connectivity index (χ0n) is 3.58. The van der Waals surface area contributed by atoms with E-state index in [1.54, 1.807) is 0 Å². The molecule has 0 fully saturated rings. The van der Waals surface area contributed by atoms with Crippen LogP contribution in [0.3, 0.4) is 0 Å². The maximum Gasteiger partial charge on any atom is 0.316 e. The van der Waals surface area contributed by atoms with Gasteiger partial charge in [-0.15, -0.1) is 49.6 Å². The van der Waals surface area contributed by atoms with Gasteiger partial charge in [-0.1, -0.05) is 0 Å². The molecule has 0 saturated heterocycles. The van der Waals surface area contributed by atoms with Crippen molar-refractivity contribution in [2.24, 2.45) is 0 Å². The maximum atomic E-state index is 7.00. The fourth-order valence-corrected chi connectivity index (χ4v) is 0. The molecule has 0 spiro atoms. The topological polar surface area (TPSA) is 20.2 Å². The summed E-state index contributed by atoms with van der Waals surface area (Å²) in [5.74, 6) is 0. The van der Waals surface area contributed by atoms with Gasteiger partial charge in [-0.2, -0.15) is 0 Å². The number of rotatable bonds is 0. The van der Waals surface area contributed by atoms with Crippen molar-refractivity contribution in [1.82, 2.24) is 0 Å². The van der Waals surface area contributed by atoms with Gasteiger partial charge in [0, 0.05) is 28.8 Å². The quantitative estimate of drug-likeness (QED) is 0.618. The van der Waals surface area contributed by atoms with Crippen molar-refractivity contribution >= 4 is 72.7 Å². The average molecular weight is 252 g/mol. The Labute approximate surface area is 105 Å². The molecule has 0 aromatic heterocycles. The summed E-state index contributed by atoms with van der Waals surface area (Å²) >= 11 is 0. The molecule has 54 valence electrons. The monoisotopic (exact) mass is 250 g/mol. The molecule has 8 heavy (non-hydrogen) atoms. The van der Waals surface area contributed by atoms with Crippen LogP contribution in [0.1, 0.15) is 0 Å². The van der Waals surface area contributed by atoms with E-state index in [-0.39, 0.29) is 94.4 Å². The summed E-state index contributed by atoms with van der Waals surface area (Å²) in [5.41, 5.74) is 0. The summed E-state index contributed by atoms with van der Waals surface area (Å²) in [6.45, 7) is 0. The number of hydrogen-bond donors (Lipinski definition) is 1. The molecular formula is CH10Cl4MgOTi. The average Bonchev–Trinajstić information content (AvgIpc) is 1.00. The predicted molar refractivity (Wildman–Crippen MR) is 45.7 cm³/mol. The van der Waals surface area contributed by atoms with Crippen LogP contribution in [0.5, 0.6) is 0 Å². The SMILES string of the molecule is CO.Cl.Cl.Cl.Cl.[MgH2].[Ti]. The first-order chi connectivity index (χ1) is 1.00. The molecule has 1 N–H and O–H groups in total. The van der Waals surface area contributed by atoms with E-state index in [2.05, 4.69) is 0 Å². The van der Waals surface area contributed by atoms with Gasteiger partial charge in [0.2, 0.25) is 0 Å². The van der Waals surface area contributed by atoms with E-state index < -0.39 is 0 Å². The van der Waals surface area contributed by atoms with Crippen LogP contribution in [-0.2, 0) is 21.7 Å². The molecule has 0 radical (unpaired) electrons. The molecule has 0 bridgehead atoms. The fraction of sp³-hybridized carbons (Fsp3) is 1.00. The second-order valence-electron chi connectivity index (χ2n) is 0. The van der Waals surface area contributed by atoms with Crippen molar-refractivity contribution in [2.75, 3.05) is 7.11 Å². The van der Waals surface area contributed by atoms with Crippen molar-refractivity contribution in [3.8, 4) is 0 Å². The van der Waals surface area contributed by atoms with E-state index >= 15 is 0 Å². The normalized spacial score (nSPS) is 0.750. The standard InChI is InChI=1S/CH4O.4ClH.Mg.Ti.2H/c1-2;;;;;;;;/h2H,1H3;4*1H;;;;. The Hall–Kier alpha value is 2.60. The minimum absolute atomic E-state index is 0. The zero-order chi connectivity index (χ0) is 2.00. The second kappa shape index (κ2) is 105. The molecule has 0 aliphatic heterocycles. The largest absolute Gasteiger partial charge is 0.400 e. The number of aliphatic hydroxyl groups is 1. The van der Waals surface area contributed by atoms with Crippen molar-refractivity contribution in [3.05, 3.63) is 0 Å². The van der Waals surface area contributed by atoms with Gasteiger partial charge in [0.15, 0.2) is 0 Å². The fourth-order valence-electron chi connectivity index (χ4n) is 0. The van der Waals surface area contributed by atoms with Gasteiger partial charge in [0.05, 0.1) is 0 Å². The van der Waals surface area contributed by atoms with Crippen LogP contribution in [0.4, 0.5) is 0 Å². The summed E-state index contributed by atoms with van der Waals surface area (Å²) in [6.07, 6.45) is 0. The smallest absolute Gasteiger partial charge is 0.316 e. The molecule has 7 heteroatoms. The first-order valence-corrected chi connectivity index (χ1v) is 0.447. The molecule has 0 aromatic rings. The molecule has 0 saturated carbocycles. The number of halogens is 4. The molecule has 0 rings (SSSR count). The minimum atomic E-state index is 0. The molecule has 0 aromatic carbocycles. The summed E-state index contributed by atoms with van der Waals surface area (Å²) in [4.78, 5) is 0. The summed E-state index contributed by atoms with van der Waals surface area (Å²) in [7, 11) is 1.00. The molecule has 0 heterocycles. The zero-order valence-corrected chi connectivity index (χ0v) is 8.41. The summed E-state index contributed by atoms with van der Waals surface area (Å²) in [6, 6.07) is 0. The van der Waals surface area contributed by atoms with E-state index in [0.29, 0.717) is 0 Å². The minimum Gasteiger partial charge on any atom is -0.400 e. The van der Waals surface area contributed by atoms with Gasteiger partial charge < -0.3 is 5.11 Å². The third-order valence-corrected chi connectivity index (χ3v) is 0. The second-order valence-corrected chi connectivity index (χ2v) is 0. The van der Waals surface area contributed by atoms with Gasteiger partial charge in [-0.05, 0) is 0 Å². The van der Waals surface area contributed by atoms with Crippen LogP contribution in [0.25, 0.3) is 0 Å². The third kappa shape index (κ3) is 73.5. The van der Waals surface area contributed by atoms with Crippen LogP contribution >= 0.6 is 49.6 Å². The molecule has 0 unspecified atom stereocenters. The van der Waals surface area contributed by atoms with Crippen LogP contribution < -0.4 is 0 Å². The Bertz CT molecular complexity index is 16.0. The van der Waals surface area contributed by atoms with E-state index in [9.17, 15) is 0 Å². The molecule has 1 nitrogen and oxygen atoms in total. The Morgan fingerprint density at radius 3 is 0.750 bits per heavy atom. The van der Waals surface area contributed by atoms with Crippen LogP contribution in [-0.4, -0.2) is 35.3 Å². The van der Waals surface area contributed by atoms with E-state index in [1.165, 1.54) is 0 Å². The van der Waals surface area contributed by atoms with Crippen molar-refractivity contribution < 1.29 is 26.8 Å². The molecular weight excluding hydrogens is 242 g/mol.